The van der Waals surface area contributed by atoms with E-state index in [4.69, 9.17) is 0 Å². The molecule has 30 heavy (non-hydrogen) atoms. The first-order chi connectivity index (χ1) is 14.7. The van der Waals surface area contributed by atoms with Gasteiger partial charge >= 0.3 is 0 Å². The minimum atomic E-state index is -2.95. The van der Waals surface area contributed by atoms with Gasteiger partial charge in [0.05, 0.1) is 6.04 Å². The lowest BCUT2D eigenvalue weighted by Gasteiger charge is -2.31. The summed E-state index contributed by atoms with van der Waals surface area (Å²) in [5.74, 6) is 0.416. The molecule has 3 heteroatoms. The van der Waals surface area contributed by atoms with E-state index >= 15 is 4.57 Å². The van der Waals surface area contributed by atoms with Crippen molar-refractivity contribution in [1.29, 1.82) is 0 Å². The highest BCUT2D eigenvalue weighted by Crippen LogP contribution is 2.71. The van der Waals surface area contributed by atoms with E-state index in [0.717, 1.165) is 10.6 Å². The van der Waals surface area contributed by atoms with Crippen LogP contribution in [0.5, 0.6) is 0 Å². The highest BCUT2D eigenvalue weighted by molar-refractivity contribution is 7.73. The first-order valence-electron chi connectivity index (χ1n) is 10.6. The predicted octanol–water partition coefficient (Wildman–Crippen LogP) is 6.55. The maximum Gasteiger partial charge on any atom is 0.204 e. The summed E-state index contributed by atoms with van der Waals surface area (Å²) in [5, 5.41) is 2.02. The van der Waals surface area contributed by atoms with Gasteiger partial charge in [-0.1, -0.05) is 104 Å². The average molecular weight is 411 g/mol. The Kier molecular flexibility index (Phi) is 5.06. The average Bonchev–Trinajstić information content (AvgIpc) is 3.04. The summed E-state index contributed by atoms with van der Waals surface area (Å²) < 4.78 is 17.4. The number of hydrogen-bond donors (Lipinski definition) is 0. The highest BCUT2D eigenvalue weighted by Gasteiger charge is 2.53. The molecule has 1 aliphatic heterocycles. The lowest BCUT2D eigenvalue weighted by molar-refractivity contribution is 0.314. The summed E-state index contributed by atoms with van der Waals surface area (Å²) in [6.07, 6.45) is 6.79. The van der Waals surface area contributed by atoms with Gasteiger partial charge in [0, 0.05) is 23.1 Å². The van der Waals surface area contributed by atoms with E-state index in [9.17, 15) is 0 Å². The number of hydrogen-bond acceptors (Lipinski definition) is 1. The molecular weight excluding hydrogens is 385 g/mol. The maximum atomic E-state index is 15.1. The van der Waals surface area contributed by atoms with Crippen molar-refractivity contribution in [2.24, 2.45) is 11.8 Å². The third kappa shape index (κ3) is 3.21. The van der Waals surface area contributed by atoms with Crippen molar-refractivity contribution in [3.63, 3.8) is 0 Å². The largest absolute Gasteiger partial charge is 0.297 e. The molecule has 0 radical (unpaired) electrons. The van der Waals surface area contributed by atoms with Crippen LogP contribution in [0.25, 0.3) is 0 Å². The molecule has 0 saturated carbocycles. The van der Waals surface area contributed by atoms with Gasteiger partial charge in [-0.2, -0.15) is 0 Å². The van der Waals surface area contributed by atoms with Crippen LogP contribution in [-0.2, 0) is 11.1 Å². The van der Waals surface area contributed by atoms with Crippen LogP contribution in [0.4, 0.5) is 0 Å². The molecule has 0 bridgehead atoms. The monoisotopic (exact) mass is 411 g/mol. The van der Waals surface area contributed by atoms with Crippen LogP contribution in [0.15, 0.2) is 115 Å². The van der Waals surface area contributed by atoms with Crippen molar-refractivity contribution >= 4 is 12.6 Å². The Hall–Kier alpha value is -2.67. The Labute approximate surface area is 179 Å². The maximum absolute atomic E-state index is 15.1. The zero-order valence-corrected chi connectivity index (χ0v) is 18.0. The van der Waals surface area contributed by atoms with Crippen LogP contribution in [0.2, 0.25) is 0 Å². The molecule has 1 unspecified atom stereocenters. The summed E-state index contributed by atoms with van der Waals surface area (Å²) in [4.78, 5) is 0. The molecule has 2 nitrogen and oxygen atoms in total. The number of benzene rings is 3. The van der Waals surface area contributed by atoms with Crippen molar-refractivity contribution in [1.82, 2.24) is 4.67 Å². The molecule has 0 N–H and O–H groups in total. The lowest BCUT2D eigenvalue weighted by Crippen LogP contribution is -2.25. The molecule has 1 fully saturated rings. The van der Waals surface area contributed by atoms with Crippen molar-refractivity contribution in [2.45, 2.75) is 19.5 Å². The van der Waals surface area contributed by atoms with Crippen LogP contribution >= 0.6 is 7.29 Å². The molecule has 4 atom stereocenters. The topological polar surface area (TPSA) is 20.3 Å². The van der Waals surface area contributed by atoms with E-state index in [2.05, 4.69) is 78.4 Å². The van der Waals surface area contributed by atoms with Gasteiger partial charge in [0.2, 0.25) is 7.29 Å². The molecule has 0 spiro atoms. The minimum Gasteiger partial charge on any atom is -0.297 e. The molecule has 150 valence electrons. The van der Waals surface area contributed by atoms with Gasteiger partial charge in [0.25, 0.3) is 0 Å². The van der Waals surface area contributed by atoms with E-state index in [1.165, 1.54) is 11.1 Å². The van der Waals surface area contributed by atoms with Gasteiger partial charge in [-0.25, -0.2) is 4.67 Å². The van der Waals surface area contributed by atoms with Gasteiger partial charge in [-0.3, -0.25) is 4.57 Å². The fraction of sp³-hybridized carbons (Fsp3) is 0.185. The second-order valence-corrected chi connectivity index (χ2v) is 10.9. The summed E-state index contributed by atoms with van der Waals surface area (Å²) in [6.45, 7) is 2.83. The number of fused-ring (bicyclic) bond motifs is 1. The Morgan fingerprint density at radius 2 is 1.40 bits per heavy atom. The van der Waals surface area contributed by atoms with Crippen LogP contribution in [0.1, 0.15) is 24.1 Å². The molecule has 1 saturated heterocycles. The lowest BCUT2D eigenvalue weighted by atomic mass is 9.87. The first-order valence-corrected chi connectivity index (χ1v) is 12.3. The first kappa shape index (κ1) is 19.3. The number of allylic oxidation sites excluding steroid dienone is 2. The van der Waals surface area contributed by atoms with Gasteiger partial charge in [0.1, 0.15) is 0 Å². The molecule has 1 aliphatic carbocycles. The van der Waals surface area contributed by atoms with Crippen LogP contribution in [0.3, 0.4) is 0 Å². The normalized spacial score (nSPS) is 28.2. The fourth-order valence-electron chi connectivity index (χ4n) is 4.83. The summed E-state index contributed by atoms with van der Waals surface area (Å²) in [6, 6.07) is 31.1. The van der Waals surface area contributed by atoms with Gasteiger partial charge in [-0.15, -0.1) is 0 Å². The van der Waals surface area contributed by atoms with E-state index in [1.807, 2.05) is 42.5 Å². The zero-order chi connectivity index (χ0) is 20.6. The SMILES string of the molecule is C[C@@H]1C=C[C@H]2C(=C1)P(=O)(c1ccccc1)N(Cc1ccccc1)[C@@H]2c1ccccc1. The van der Waals surface area contributed by atoms with Crippen LogP contribution in [-0.4, -0.2) is 4.67 Å². The number of rotatable bonds is 4. The van der Waals surface area contributed by atoms with Crippen molar-refractivity contribution in [2.75, 3.05) is 0 Å². The zero-order valence-electron chi connectivity index (χ0n) is 17.1. The Morgan fingerprint density at radius 1 is 0.800 bits per heavy atom. The summed E-state index contributed by atoms with van der Waals surface area (Å²) in [7, 11) is -2.95. The fourth-order valence-corrected chi connectivity index (χ4v) is 8.36. The van der Waals surface area contributed by atoms with E-state index in [0.29, 0.717) is 12.5 Å². The predicted molar refractivity (Wildman–Crippen MR) is 125 cm³/mol. The molecule has 0 amide bonds. The third-order valence-electron chi connectivity index (χ3n) is 6.20. The molecular formula is C27H26NOP. The standard InChI is InChI=1S/C27H26NOP/c1-21-17-18-25-26(19-21)30(29,24-15-9-4-10-16-24)28(20-22-11-5-2-6-12-22)27(25)23-13-7-3-8-14-23/h2-19,21,25,27H,20H2,1H3/t21-,25+,27-,30?/m1/s1. The summed E-state index contributed by atoms with van der Waals surface area (Å²) >= 11 is 0. The van der Waals surface area contributed by atoms with Gasteiger partial charge in [0.15, 0.2) is 0 Å². The van der Waals surface area contributed by atoms with Crippen molar-refractivity contribution < 1.29 is 4.57 Å². The van der Waals surface area contributed by atoms with E-state index in [1.54, 1.807) is 0 Å². The molecule has 3 aromatic rings. The third-order valence-corrected chi connectivity index (χ3v) is 9.46. The Balaban J connectivity index is 1.73. The van der Waals surface area contributed by atoms with Crippen molar-refractivity contribution in [3.8, 4) is 0 Å². The molecule has 0 aromatic heterocycles. The Morgan fingerprint density at radius 3 is 2.07 bits per heavy atom. The quantitative estimate of drug-likeness (QED) is 0.358. The number of nitrogens with zero attached hydrogens (tertiary/aromatic N) is 1. The molecule has 3 aromatic carbocycles. The highest BCUT2D eigenvalue weighted by atomic mass is 31.2. The second-order valence-electron chi connectivity index (χ2n) is 8.21. The molecule has 1 heterocycles. The smallest absolute Gasteiger partial charge is 0.204 e. The molecule has 5 rings (SSSR count). The second kappa shape index (κ2) is 7.87. The summed E-state index contributed by atoms with van der Waals surface area (Å²) in [5.41, 5.74) is 2.41. The van der Waals surface area contributed by atoms with Crippen LogP contribution < -0.4 is 5.30 Å². The van der Waals surface area contributed by atoms with Gasteiger partial charge < -0.3 is 0 Å². The van der Waals surface area contributed by atoms with E-state index < -0.39 is 7.29 Å². The Bertz CT molecular complexity index is 1120. The van der Waals surface area contributed by atoms with Crippen LogP contribution in [0, 0.1) is 11.8 Å². The molecule has 2 aliphatic rings. The van der Waals surface area contributed by atoms with E-state index in [-0.39, 0.29) is 12.0 Å². The minimum absolute atomic E-state index is 0.0486. The van der Waals surface area contributed by atoms with Gasteiger partial charge in [-0.05, 0) is 29.2 Å². The van der Waals surface area contributed by atoms with Crippen molar-refractivity contribution in [3.05, 3.63) is 126 Å².